The number of hydrogen-bond acceptors (Lipinski definition) is 2. The van der Waals surface area contributed by atoms with Gasteiger partial charge in [-0.15, -0.1) is 0 Å². The van der Waals surface area contributed by atoms with E-state index in [-0.39, 0.29) is 10.9 Å². The predicted octanol–water partition coefficient (Wildman–Crippen LogP) is 2.94. The number of hydrogen-bond donors (Lipinski definition) is 1. The van der Waals surface area contributed by atoms with E-state index in [1.807, 2.05) is 7.05 Å². The Labute approximate surface area is 124 Å². The van der Waals surface area contributed by atoms with Crippen LogP contribution in [0.2, 0.25) is 5.02 Å². The average molecular weight is 299 g/mol. The molecule has 20 heavy (non-hydrogen) atoms. The van der Waals surface area contributed by atoms with Crippen molar-refractivity contribution in [2.45, 2.75) is 19.3 Å². The summed E-state index contributed by atoms with van der Waals surface area (Å²) in [6.45, 7) is 2.51. The van der Waals surface area contributed by atoms with Crippen molar-refractivity contribution in [1.82, 2.24) is 10.2 Å². The maximum atomic E-state index is 13.4. The van der Waals surface area contributed by atoms with Gasteiger partial charge in [0.1, 0.15) is 5.82 Å². The number of halogens is 2. The summed E-state index contributed by atoms with van der Waals surface area (Å²) >= 11 is 5.63. The van der Waals surface area contributed by atoms with Crippen LogP contribution in [0.1, 0.15) is 29.6 Å². The van der Waals surface area contributed by atoms with Crippen molar-refractivity contribution < 1.29 is 9.18 Å². The standard InChI is InChI=1S/C15H20ClFN2O/c1-18-7-4-11-5-8-19(9-6-11)15(20)12-2-3-13(16)14(17)10-12/h2-3,10-11,18H,4-9H2,1H3. The first kappa shape index (κ1) is 15.3. The SMILES string of the molecule is CNCCC1CCN(C(=O)c2ccc(Cl)c(F)c2)CC1. The molecule has 0 aliphatic carbocycles. The fourth-order valence-electron chi connectivity index (χ4n) is 2.58. The third-order valence-corrected chi connectivity index (χ3v) is 4.18. The Balaban J connectivity index is 1.92. The molecule has 0 bridgehead atoms. The summed E-state index contributed by atoms with van der Waals surface area (Å²) in [4.78, 5) is 14.1. The number of carbonyl (C=O) groups is 1. The Kier molecular flexibility index (Phi) is 5.38. The van der Waals surface area contributed by atoms with Gasteiger partial charge in [-0.2, -0.15) is 0 Å². The van der Waals surface area contributed by atoms with Crippen molar-refractivity contribution in [3.63, 3.8) is 0 Å². The third-order valence-electron chi connectivity index (χ3n) is 3.87. The maximum Gasteiger partial charge on any atom is 0.253 e. The molecule has 0 aromatic heterocycles. The molecule has 0 unspecified atom stereocenters. The summed E-state index contributed by atoms with van der Waals surface area (Å²) in [6.07, 6.45) is 3.18. The Bertz CT molecular complexity index is 473. The van der Waals surface area contributed by atoms with Gasteiger partial charge in [0.05, 0.1) is 5.02 Å². The van der Waals surface area contributed by atoms with Crippen molar-refractivity contribution in [2.24, 2.45) is 5.92 Å². The fraction of sp³-hybridized carbons (Fsp3) is 0.533. The summed E-state index contributed by atoms with van der Waals surface area (Å²) in [5.74, 6) is 0.0301. The number of piperidine rings is 1. The first-order valence-corrected chi connectivity index (χ1v) is 7.38. The lowest BCUT2D eigenvalue weighted by Crippen LogP contribution is -2.39. The van der Waals surface area contributed by atoms with E-state index in [1.54, 1.807) is 11.0 Å². The summed E-state index contributed by atoms with van der Waals surface area (Å²) in [7, 11) is 1.95. The molecule has 110 valence electrons. The molecule has 1 aromatic rings. The van der Waals surface area contributed by atoms with Gasteiger partial charge < -0.3 is 10.2 Å². The number of nitrogens with one attached hydrogen (secondary N) is 1. The average Bonchev–Trinajstić information content (AvgIpc) is 2.48. The predicted molar refractivity (Wildman–Crippen MR) is 78.6 cm³/mol. The van der Waals surface area contributed by atoms with E-state index in [2.05, 4.69) is 5.32 Å². The van der Waals surface area contributed by atoms with Crippen LogP contribution in [0.15, 0.2) is 18.2 Å². The molecule has 1 aliphatic heterocycles. The molecule has 2 rings (SSSR count). The molecule has 0 radical (unpaired) electrons. The monoisotopic (exact) mass is 298 g/mol. The molecule has 0 atom stereocenters. The molecule has 1 aliphatic rings. The first-order chi connectivity index (χ1) is 9.61. The number of carbonyl (C=O) groups excluding carboxylic acids is 1. The van der Waals surface area contributed by atoms with E-state index in [9.17, 15) is 9.18 Å². The van der Waals surface area contributed by atoms with E-state index < -0.39 is 5.82 Å². The smallest absolute Gasteiger partial charge is 0.253 e. The molecule has 5 heteroatoms. The van der Waals surface area contributed by atoms with Crippen LogP contribution >= 0.6 is 11.6 Å². The zero-order chi connectivity index (χ0) is 14.5. The largest absolute Gasteiger partial charge is 0.339 e. The van der Waals surface area contributed by atoms with E-state index in [1.165, 1.54) is 12.1 Å². The molecule has 0 saturated carbocycles. The highest BCUT2D eigenvalue weighted by Gasteiger charge is 2.23. The maximum absolute atomic E-state index is 13.4. The number of likely N-dealkylation sites (tertiary alicyclic amines) is 1. The van der Waals surface area contributed by atoms with Crippen LogP contribution in [0.3, 0.4) is 0 Å². The second kappa shape index (κ2) is 7.04. The second-order valence-electron chi connectivity index (χ2n) is 5.26. The minimum absolute atomic E-state index is 0.0484. The Morgan fingerprint density at radius 2 is 2.15 bits per heavy atom. The number of amides is 1. The Hall–Kier alpha value is -1.13. The molecular formula is C15H20ClFN2O. The van der Waals surface area contributed by atoms with Crippen LogP contribution in [0.5, 0.6) is 0 Å². The molecule has 1 amide bonds. The van der Waals surface area contributed by atoms with Gasteiger partial charge in [-0.1, -0.05) is 11.6 Å². The fourth-order valence-corrected chi connectivity index (χ4v) is 2.70. The second-order valence-corrected chi connectivity index (χ2v) is 5.66. The van der Waals surface area contributed by atoms with E-state index in [4.69, 9.17) is 11.6 Å². The van der Waals surface area contributed by atoms with Crippen LogP contribution in [-0.2, 0) is 0 Å². The highest BCUT2D eigenvalue weighted by atomic mass is 35.5. The minimum atomic E-state index is -0.540. The number of benzene rings is 1. The zero-order valence-corrected chi connectivity index (χ0v) is 12.4. The quantitative estimate of drug-likeness (QED) is 0.927. The van der Waals surface area contributed by atoms with Gasteiger partial charge >= 0.3 is 0 Å². The van der Waals surface area contributed by atoms with Crippen molar-refractivity contribution in [3.8, 4) is 0 Å². The molecular weight excluding hydrogens is 279 g/mol. The molecule has 1 heterocycles. The molecule has 1 saturated heterocycles. The van der Waals surface area contributed by atoms with E-state index in [0.717, 1.165) is 38.9 Å². The van der Waals surface area contributed by atoms with Crippen LogP contribution in [0.25, 0.3) is 0 Å². The zero-order valence-electron chi connectivity index (χ0n) is 11.7. The first-order valence-electron chi connectivity index (χ1n) is 7.00. The molecule has 3 nitrogen and oxygen atoms in total. The molecule has 1 N–H and O–H groups in total. The van der Waals surface area contributed by atoms with E-state index in [0.29, 0.717) is 11.5 Å². The van der Waals surface area contributed by atoms with Crippen molar-refractivity contribution in [3.05, 3.63) is 34.6 Å². The van der Waals surface area contributed by atoms with Crippen molar-refractivity contribution in [1.29, 1.82) is 0 Å². The van der Waals surface area contributed by atoms with Crippen molar-refractivity contribution in [2.75, 3.05) is 26.7 Å². The highest BCUT2D eigenvalue weighted by molar-refractivity contribution is 6.30. The van der Waals surface area contributed by atoms with Gasteiger partial charge in [0, 0.05) is 18.7 Å². The van der Waals surface area contributed by atoms with Gasteiger partial charge in [0.25, 0.3) is 5.91 Å². The number of nitrogens with zero attached hydrogens (tertiary/aromatic N) is 1. The normalized spacial score (nSPS) is 16.4. The summed E-state index contributed by atoms with van der Waals surface area (Å²) in [5.41, 5.74) is 0.376. The van der Waals surface area contributed by atoms with Gasteiger partial charge in [-0.05, 0) is 57.0 Å². The summed E-state index contributed by atoms with van der Waals surface area (Å²) < 4.78 is 13.4. The van der Waals surface area contributed by atoms with Gasteiger partial charge in [-0.3, -0.25) is 4.79 Å². The number of rotatable bonds is 4. The molecule has 1 fully saturated rings. The third kappa shape index (κ3) is 3.70. The van der Waals surface area contributed by atoms with Crippen LogP contribution < -0.4 is 5.32 Å². The van der Waals surface area contributed by atoms with Crippen LogP contribution in [-0.4, -0.2) is 37.5 Å². The highest BCUT2D eigenvalue weighted by Crippen LogP contribution is 2.22. The lowest BCUT2D eigenvalue weighted by molar-refractivity contribution is 0.0686. The van der Waals surface area contributed by atoms with Crippen molar-refractivity contribution >= 4 is 17.5 Å². The topological polar surface area (TPSA) is 32.3 Å². The van der Waals surface area contributed by atoms with Gasteiger partial charge in [-0.25, -0.2) is 4.39 Å². The Morgan fingerprint density at radius 1 is 1.45 bits per heavy atom. The summed E-state index contributed by atoms with van der Waals surface area (Å²) in [5, 5.41) is 3.20. The summed E-state index contributed by atoms with van der Waals surface area (Å²) in [6, 6.07) is 4.24. The Morgan fingerprint density at radius 3 is 2.75 bits per heavy atom. The lowest BCUT2D eigenvalue weighted by Gasteiger charge is -2.32. The molecule has 1 aromatic carbocycles. The molecule has 0 spiro atoms. The lowest BCUT2D eigenvalue weighted by atomic mass is 9.93. The van der Waals surface area contributed by atoms with Crippen LogP contribution in [0.4, 0.5) is 4.39 Å². The van der Waals surface area contributed by atoms with E-state index >= 15 is 0 Å². The van der Waals surface area contributed by atoms with Gasteiger partial charge in [0.15, 0.2) is 0 Å². The van der Waals surface area contributed by atoms with Gasteiger partial charge in [0.2, 0.25) is 0 Å². The minimum Gasteiger partial charge on any atom is -0.339 e. The van der Waals surface area contributed by atoms with Crippen LogP contribution in [0, 0.1) is 11.7 Å².